The summed E-state index contributed by atoms with van der Waals surface area (Å²) in [5.74, 6) is 0.430. The Morgan fingerprint density at radius 3 is 1.09 bits per heavy atom. The molecule has 0 radical (unpaired) electrons. The standard InChI is InChI=1S/C79H112ClN7O31P2/c80-66-22-24-69(25-23-66)116-119(89,90)117-73-71(115-79(113-68-20-11-4-12-21-68)77(109-59-55-102-46-41-95-35-33-93-31-28-85-87-83)75(73)107-57-53-101-44-40-94-34-32-92-30-27-84-86-82)63-111-120(91,110-29-13-26-81)118-72-70(60-88)114-78(112-67-18-9-3-10-19-67)76(108-58-54-103-47-43-97-37-39-99-49-51-105-62-65-16-7-2-8-17-65)74(72)106-56-52-100-45-42-96-36-38-98-48-50-104-61-64-14-5-1-6-15-64/h1-12,14-25,70-79,88H,13,27-63H2,(H,89,90)/t70-,71-,72-,73-,74+,75+,76-,77-,78-,79-,120?/m1/s1. The van der Waals surface area contributed by atoms with Gasteiger partial charge in [0.2, 0.25) is 12.6 Å². The Kier molecular flexibility index (Phi) is 53.7. The summed E-state index contributed by atoms with van der Waals surface area (Å²) in [5, 5.41) is 28.5. The number of azide groups is 2. The smallest absolute Gasteiger partial charge is 0.462 e. The van der Waals surface area contributed by atoms with Crippen molar-refractivity contribution in [3.05, 3.63) is 183 Å². The van der Waals surface area contributed by atoms with Gasteiger partial charge in [-0.1, -0.05) is 119 Å². The van der Waals surface area contributed by atoms with Gasteiger partial charge in [0.05, 0.1) is 244 Å². The number of hydrogen-bond acceptors (Lipinski definition) is 33. The molecule has 0 bridgehead atoms. The molecule has 2 unspecified atom stereocenters. The predicted molar refractivity (Wildman–Crippen MR) is 429 cm³/mol. The van der Waals surface area contributed by atoms with Crippen LogP contribution in [0.5, 0.6) is 17.2 Å². The fourth-order valence-corrected chi connectivity index (χ4v) is 13.6. The highest BCUT2D eigenvalue weighted by atomic mass is 35.5. The van der Waals surface area contributed by atoms with Crippen LogP contribution in [0.1, 0.15) is 17.5 Å². The lowest BCUT2D eigenvalue weighted by molar-refractivity contribution is -0.298. The molecule has 0 amide bonds. The number of rotatable bonds is 73. The Labute approximate surface area is 703 Å². The molecule has 2 heterocycles. The van der Waals surface area contributed by atoms with E-state index in [-0.39, 0.29) is 188 Å². The van der Waals surface area contributed by atoms with E-state index < -0.39 is 96.9 Å². The van der Waals surface area contributed by atoms with E-state index in [9.17, 15) is 19.8 Å². The largest absolute Gasteiger partial charge is 0.527 e. The normalized spacial score (nSPS) is 20.1. The number of hydrogen-bond donors (Lipinski definition) is 2. The molecule has 41 heteroatoms. The number of ether oxygens (including phenoxy) is 22. The van der Waals surface area contributed by atoms with Gasteiger partial charge in [-0.3, -0.25) is 23.0 Å². The summed E-state index contributed by atoms with van der Waals surface area (Å²) in [5.41, 5.74) is 19.2. The SMILES string of the molecule is N#CCCOP(=O)(OC[C@H]1O[C@@H](Oc2ccccc2)[C@H](OCCOCCOCCOCCN=[N+]=[N-])[C@@H](OCCOCCOCCOCCN=[N+]=[N-])[C@@H]1OP(=O)(O)Oc1ccc(Cl)cc1)O[C@H]1[C@H](OCCOCCOCCOCCOCc2ccccc2)[C@@H](OCCOCCOCCOCCOCc2ccccc2)[C@H](Oc2ccccc2)O[C@@H]1CO. The summed E-state index contributed by atoms with van der Waals surface area (Å²) in [6.45, 7) is 3.23. The number of aliphatic hydroxyl groups is 1. The highest BCUT2D eigenvalue weighted by molar-refractivity contribution is 7.48. The van der Waals surface area contributed by atoms with E-state index in [4.69, 9.17) is 149 Å². The number of halogens is 1. The van der Waals surface area contributed by atoms with E-state index in [0.717, 1.165) is 11.1 Å². The van der Waals surface area contributed by atoms with Gasteiger partial charge in [-0.25, -0.2) is 9.13 Å². The average molecular weight is 1750 g/mol. The minimum Gasteiger partial charge on any atom is -0.462 e. The van der Waals surface area contributed by atoms with Crippen molar-refractivity contribution in [1.82, 2.24) is 0 Å². The van der Waals surface area contributed by atoms with Crippen LogP contribution in [0.3, 0.4) is 0 Å². The van der Waals surface area contributed by atoms with Crippen LogP contribution >= 0.6 is 27.2 Å². The quantitative estimate of drug-likeness (QED) is 0.0120. The number of phosphoric acid groups is 2. The molecule has 0 aromatic heterocycles. The fourth-order valence-electron chi connectivity index (χ4n) is 11.1. The summed E-state index contributed by atoms with van der Waals surface area (Å²) in [7, 11) is -10.6. The topological polar surface area (TPSA) is 445 Å². The second kappa shape index (κ2) is 64.1. The van der Waals surface area contributed by atoms with Crippen LogP contribution in [0.2, 0.25) is 5.02 Å². The van der Waals surface area contributed by atoms with Crippen molar-refractivity contribution in [2.24, 2.45) is 10.2 Å². The fraction of sp³-hybridized carbons (Fsp3) is 0.608. The maximum Gasteiger partial charge on any atom is 0.527 e. The molecule has 0 spiro atoms. The Bertz CT molecular complexity index is 3640. The molecule has 2 aliphatic rings. The molecule has 5 aromatic rings. The summed E-state index contributed by atoms with van der Waals surface area (Å²) in [6.07, 6.45) is -15.7. The van der Waals surface area contributed by atoms with Crippen molar-refractivity contribution in [3.8, 4) is 23.3 Å². The molecule has 12 atom stereocenters. The first kappa shape index (κ1) is 100. The van der Waals surface area contributed by atoms with Gasteiger partial charge in [0.15, 0.2) is 0 Å². The van der Waals surface area contributed by atoms with Crippen LogP contribution < -0.4 is 14.0 Å². The van der Waals surface area contributed by atoms with E-state index >= 15 is 4.57 Å². The van der Waals surface area contributed by atoms with Gasteiger partial charge in [-0.15, -0.1) is 0 Å². The third-order valence-corrected chi connectivity index (χ3v) is 19.3. The second-order valence-electron chi connectivity index (χ2n) is 25.4. The van der Waals surface area contributed by atoms with E-state index in [0.29, 0.717) is 65.2 Å². The van der Waals surface area contributed by atoms with Crippen molar-refractivity contribution in [1.29, 1.82) is 5.26 Å². The molecular weight excluding hydrogens is 1640 g/mol. The first-order valence-corrected chi connectivity index (χ1v) is 42.7. The predicted octanol–water partition coefficient (Wildman–Crippen LogP) is 10.0. The summed E-state index contributed by atoms with van der Waals surface area (Å²) in [6, 6.07) is 44.1. The third kappa shape index (κ3) is 43.6. The van der Waals surface area contributed by atoms with E-state index in [1.54, 1.807) is 60.7 Å². The molecule has 7 rings (SSSR count). The van der Waals surface area contributed by atoms with Gasteiger partial charge in [0.1, 0.15) is 66.1 Å². The zero-order valence-electron chi connectivity index (χ0n) is 67.1. The number of nitriles is 1. The Morgan fingerprint density at radius 1 is 0.392 bits per heavy atom. The Hall–Kier alpha value is -6.68. The molecule has 38 nitrogen and oxygen atoms in total. The Balaban J connectivity index is 1.13. The Morgan fingerprint density at radius 2 is 0.725 bits per heavy atom. The lowest BCUT2D eigenvalue weighted by Gasteiger charge is -2.46. The van der Waals surface area contributed by atoms with E-state index in [1.165, 1.54) is 24.3 Å². The van der Waals surface area contributed by atoms with Gasteiger partial charge in [0, 0.05) is 27.9 Å². The first-order chi connectivity index (χ1) is 59.0. The monoisotopic (exact) mass is 1750 g/mol. The van der Waals surface area contributed by atoms with E-state index in [1.807, 2.05) is 66.7 Å². The number of nitrogens with zero attached hydrogens (tertiary/aromatic N) is 7. The van der Waals surface area contributed by atoms with Gasteiger partial charge >= 0.3 is 15.6 Å². The second-order valence-corrected chi connectivity index (χ2v) is 28.8. The molecule has 2 aliphatic heterocycles. The van der Waals surface area contributed by atoms with Crippen molar-refractivity contribution in [2.45, 2.75) is 81.0 Å². The molecule has 666 valence electrons. The molecule has 120 heavy (non-hydrogen) atoms. The summed E-state index contributed by atoms with van der Waals surface area (Å²) >= 11 is 6.21. The van der Waals surface area contributed by atoms with Crippen LogP contribution in [-0.4, -0.2) is 303 Å². The zero-order chi connectivity index (χ0) is 84.7. The van der Waals surface area contributed by atoms with Crippen molar-refractivity contribution in [3.63, 3.8) is 0 Å². The first-order valence-electron chi connectivity index (χ1n) is 39.4. The number of para-hydroxylation sites is 2. The van der Waals surface area contributed by atoms with Crippen molar-refractivity contribution in [2.75, 3.05) is 231 Å². The molecule has 2 N–H and O–H groups in total. The van der Waals surface area contributed by atoms with Crippen LogP contribution in [0.15, 0.2) is 156 Å². The minimum absolute atomic E-state index is 0.00197. The van der Waals surface area contributed by atoms with Crippen LogP contribution in [0.25, 0.3) is 20.9 Å². The number of aliphatic hydroxyl groups excluding tert-OH is 1. The van der Waals surface area contributed by atoms with E-state index in [2.05, 4.69) is 20.1 Å². The maximum absolute atomic E-state index is 16.0. The van der Waals surface area contributed by atoms with Gasteiger partial charge in [-0.05, 0) is 70.7 Å². The van der Waals surface area contributed by atoms with Crippen LogP contribution in [-0.2, 0) is 135 Å². The van der Waals surface area contributed by atoms with Crippen molar-refractivity contribution < 1.29 is 146 Å². The molecule has 5 aromatic carbocycles. The van der Waals surface area contributed by atoms with Crippen molar-refractivity contribution >= 4 is 27.2 Å². The minimum atomic E-state index is -5.37. The molecule has 0 saturated carbocycles. The number of phosphoric ester groups is 2. The maximum atomic E-state index is 16.0. The lowest BCUT2D eigenvalue weighted by atomic mass is 9.98. The summed E-state index contributed by atoms with van der Waals surface area (Å²) in [4.78, 5) is 17.3. The average Bonchev–Trinajstić information content (AvgIpc) is 0.777. The molecule has 0 aliphatic carbocycles. The van der Waals surface area contributed by atoms with Crippen LogP contribution in [0, 0.1) is 11.3 Å². The van der Waals surface area contributed by atoms with Crippen LogP contribution in [0.4, 0.5) is 0 Å². The highest BCUT2D eigenvalue weighted by Gasteiger charge is 2.55. The highest BCUT2D eigenvalue weighted by Crippen LogP contribution is 2.54. The lowest BCUT2D eigenvalue weighted by Crippen LogP contribution is -2.63. The summed E-state index contributed by atoms with van der Waals surface area (Å²) < 4.78 is 194. The zero-order valence-corrected chi connectivity index (χ0v) is 69.7. The molecular formula is C79H112ClN7O31P2. The van der Waals surface area contributed by atoms with Gasteiger partial charge in [0.25, 0.3) is 0 Å². The number of benzene rings is 5. The van der Waals surface area contributed by atoms with Gasteiger partial charge in [-0.2, -0.15) is 5.26 Å². The molecule has 2 saturated heterocycles. The van der Waals surface area contributed by atoms with Gasteiger partial charge < -0.3 is 114 Å². The molecule has 2 fully saturated rings. The third-order valence-electron chi connectivity index (χ3n) is 16.6.